The number of carbonyl (C=O) groups excluding carboxylic acids is 1. The summed E-state index contributed by atoms with van der Waals surface area (Å²) >= 11 is 0. The van der Waals surface area contributed by atoms with E-state index in [4.69, 9.17) is 4.52 Å². The van der Waals surface area contributed by atoms with Crippen LogP contribution in [0.3, 0.4) is 0 Å². The number of aromatic nitrogens is 2. The minimum absolute atomic E-state index is 0.00855. The summed E-state index contributed by atoms with van der Waals surface area (Å²) < 4.78 is 5.35. The van der Waals surface area contributed by atoms with Gasteiger partial charge < -0.3 is 9.84 Å². The van der Waals surface area contributed by atoms with E-state index < -0.39 is 11.0 Å². The number of nitro benzene ring substituents is 1. The molecule has 0 spiro atoms. The second kappa shape index (κ2) is 8.92. The Bertz CT molecular complexity index is 1010. The van der Waals surface area contributed by atoms with Gasteiger partial charge in [-0.2, -0.15) is 4.98 Å². The third-order valence-corrected chi connectivity index (χ3v) is 4.24. The summed E-state index contributed by atoms with van der Waals surface area (Å²) in [7, 11) is 0. The molecular formula is C21H20N4O4. The number of nitrogens with one attached hydrogen (secondary N) is 1. The molecule has 29 heavy (non-hydrogen) atoms. The van der Waals surface area contributed by atoms with E-state index in [1.54, 1.807) is 18.2 Å². The molecule has 0 aliphatic heterocycles. The van der Waals surface area contributed by atoms with Gasteiger partial charge in [-0.25, -0.2) is 0 Å². The Morgan fingerprint density at radius 1 is 1.14 bits per heavy atom. The van der Waals surface area contributed by atoms with Gasteiger partial charge >= 0.3 is 0 Å². The number of carbonyl (C=O) groups is 1. The molecule has 1 amide bonds. The van der Waals surface area contributed by atoms with E-state index >= 15 is 0 Å². The molecule has 148 valence electrons. The van der Waals surface area contributed by atoms with Crippen LogP contribution in [0.4, 0.5) is 5.69 Å². The third-order valence-electron chi connectivity index (χ3n) is 4.24. The molecule has 0 aliphatic rings. The van der Waals surface area contributed by atoms with Gasteiger partial charge in [-0.05, 0) is 29.7 Å². The molecule has 0 saturated heterocycles. The standard InChI is InChI=1S/C21H20N4O4/c1-14(2)19(22-18(26)13-8-15-6-4-3-5-7-15)21-23-20(24-29-21)16-9-11-17(12-10-16)25(27)28/h3-14,19H,1-2H3,(H,22,26)/b13-8+/t19-/m1/s1. The van der Waals surface area contributed by atoms with Gasteiger partial charge in [-0.15, -0.1) is 0 Å². The molecule has 0 radical (unpaired) electrons. The van der Waals surface area contributed by atoms with Crippen molar-refractivity contribution in [1.82, 2.24) is 15.5 Å². The zero-order valence-corrected chi connectivity index (χ0v) is 16.0. The van der Waals surface area contributed by atoms with Crippen molar-refractivity contribution < 1.29 is 14.2 Å². The number of hydrogen-bond acceptors (Lipinski definition) is 6. The molecule has 0 saturated carbocycles. The first-order valence-corrected chi connectivity index (χ1v) is 9.06. The second-order valence-corrected chi connectivity index (χ2v) is 6.73. The molecular weight excluding hydrogens is 372 g/mol. The average molecular weight is 392 g/mol. The van der Waals surface area contributed by atoms with Crippen LogP contribution in [0, 0.1) is 16.0 Å². The second-order valence-electron chi connectivity index (χ2n) is 6.73. The Hall–Kier alpha value is -3.81. The van der Waals surface area contributed by atoms with Crippen molar-refractivity contribution in [3.05, 3.63) is 82.2 Å². The number of amides is 1. The fourth-order valence-electron chi connectivity index (χ4n) is 2.66. The smallest absolute Gasteiger partial charge is 0.269 e. The molecule has 0 bridgehead atoms. The minimum Gasteiger partial charge on any atom is -0.340 e. The van der Waals surface area contributed by atoms with E-state index in [0.29, 0.717) is 11.4 Å². The maximum absolute atomic E-state index is 12.3. The molecule has 1 aromatic heterocycles. The number of benzene rings is 2. The molecule has 1 heterocycles. The Kier molecular flexibility index (Phi) is 6.13. The SMILES string of the molecule is CC(C)[C@@H](NC(=O)/C=C/c1ccccc1)c1nc(-c2ccc([N+](=O)[O-])cc2)no1. The lowest BCUT2D eigenvalue weighted by Gasteiger charge is -2.17. The highest BCUT2D eigenvalue weighted by molar-refractivity contribution is 5.91. The minimum atomic E-state index is -0.473. The predicted molar refractivity (Wildman–Crippen MR) is 108 cm³/mol. The largest absolute Gasteiger partial charge is 0.340 e. The van der Waals surface area contributed by atoms with Crippen LogP contribution < -0.4 is 5.32 Å². The lowest BCUT2D eigenvalue weighted by molar-refractivity contribution is -0.384. The van der Waals surface area contributed by atoms with Gasteiger partial charge in [0.15, 0.2) is 0 Å². The Balaban J connectivity index is 1.73. The first-order chi connectivity index (χ1) is 13.9. The van der Waals surface area contributed by atoms with E-state index in [-0.39, 0.29) is 23.4 Å². The van der Waals surface area contributed by atoms with Gasteiger partial charge in [0, 0.05) is 23.8 Å². The van der Waals surface area contributed by atoms with Crippen LogP contribution in [0.15, 0.2) is 65.2 Å². The first-order valence-electron chi connectivity index (χ1n) is 9.06. The lowest BCUT2D eigenvalue weighted by Crippen LogP contribution is -2.30. The van der Waals surface area contributed by atoms with Gasteiger partial charge in [0.1, 0.15) is 6.04 Å². The van der Waals surface area contributed by atoms with Gasteiger partial charge in [0.05, 0.1) is 4.92 Å². The Morgan fingerprint density at radius 3 is 2.45 bits per heavy atom. The molecule has 0 unspecified atom stereocenters. The summed E-state index contributed by atoms with van der Waals surface area (Å²) in [4.78, 5) is 27.0. The highest BCUT2D eigenvalue weighted by Gasteiger charge is 2.24. The summed E-state index contributed by atoms with van der Waals surface area (Å²) in [5.41, 5.74) is 1.49. The van der Waals surface area contributed by atoms with Crippen molar-refractivity contribution in [2.24, 2.45) is 5.92 Å². The molecule has 3 rings (SSSR count). The zero-order valence-electron chi connectivity index (χ0n) is 16.0. The fraction of sp³-hybridized carbons (Fsp3) is 0.190. The van der Waals surface area contributed by atoms with Crippen molar-refractivity contribution in [2.75, 3.05) is 0 Å². The monoisotopic (exact) mass is 392 g/mol. The van der Waals surface area contributed by atoms with Crippen LogP contribution >= 0.6 is 0 Å². The summed E-state index contributed by atoms with van der Waals surface area (Å²) in [5, 5.41) is 17.6. The maximum Gasteiger partial charge on any atom is 0.269 e. The summed E-state index contributed by atoms with van der Waals surface area (Å²) in [6.45, 7) is 3.86. The molecule has 1 N–H and O–H groups in total. The van der Waals surface area contributed by atoms with Crippen LogP contribution in [0.25, 0.3) is 17.5 Å². The quantitative estimate of drug-likeness (QED) is 0.367. The molecule has 2 aromatic carbocycles. The van der Waals surface area contributed by atoms with E-state index in [2.05, 4.69) is 15.5 Å². The molecule has 3 aromatic rings. The molecule has 8 nitrogen and oxygen atoms in total. The number of nitro groups is 1. The normalized spacial score (nSPS) is 12.2. The molecule has 0 aliphatic carbocycles. The lowest BCUT2D eigenvalue weighted by atomic mass is 10.0. The number of hydrogen-bond donors (Lipinski definition) is 1. The highest BCUT2D eigenvalue weighted by atomic mass is 16.6. The fourth-order valence-corrected chi connectivity index (χ4v) is 2.66. The van der Waals surface area contributed by atoms with Crippen LogP contribution in [-0.4, -0.2) is 21.0 Å². The van der Waals surface area contributed by atoms with Gasteiger partial charge in [0.2, 0.25) is 17.6 Å². The van der Waals surface area contributed by atoms with E-state index in [1.807, 2.05) is 44.2 Å². The molecule has 1 atom stereocenters. The first kappa shape index (κ1) is 19.9. The number of non-ortho nitro benzene ring substituents is 1. The number of nitrogens with zero attached hydrogens (tertiary/aromatic N) is 3. The van der Waals surface area contributed by atoms with E-state index in [1.165, 1.54) is 18.2 Å². The van der Waals surface area contributed by atoms with Crippen LogP contribution in [-0.2, 0) is 4.79 Å². The van der Waals surface area contributed by atoms with Crippen molar-refractivity contribution in [2.45, 2.75) is 19.9 Å². The van der Waals surface area contributed by atoms with Gasteiger partial charge in [-0.3, -0.25) is 14.9 Å². The maximum atomic E-state index is 12.3. The van der Waals surface area contributed by atoms with Gasteiger partial charge in [-0.1, -0.05) is 49.3 Å². The van der Waals surface area contributed by atoms with Gasteiger partial charge in [0.25, 0.3) is 5.69 Å². The molecule has 8 heteroatoms. The van der Waals surface area contributed by atoms with E-state index in [9.17, 15) is 14.9 Å². The summed E-state index contributed by atoms with van der Waals surface area (Å²) in [5.74, 6) is 0.307. The average Bonchev–Trinajstić information content (AvgIpc) is 3.21. The summed E-state index contributed by atoms with van der Waals surface area (Å²) in [6, 6.07) is 14.9. The molecule has 0 fully saturated rings. The van der Waals surface area contributed by atoms with Crippen LogP contribution in [0.1, 0.15) is 31.3 Å². The van der Waals surface area contributed by atoms with Crippen molar-refractivity contribution in [3.8, 4) is 11.4 Å². The Labute approximate surface area is 167 Å². The zero-order chi connectivity index (χ0) is 20.8. The van der Waals surface area contributed by atoms with E-state index in [0.717, 1.165) is 5.56 Å². The number of rotatable bonds is 7. The Morgan fingerprint density at radius 2 is 1.83 bits per heavy atom. The van der Waals surface area contributed by atoms with Crippen molar-refractivity contribution in [3.63, 3.8) is 0 Å². The van der Waals surface area contributed by atoms with Crippen LogP contribution in [0.2, 0.25) is 0 Å². The van der Waals surface area contributed by atoms with Crippen LogP contribution in [0.5, 0.6) is 0 Å². The summed E-state index contributed by atoms with van der Waals surface area (Å²) in [6.07, 6.45) is 3.18. The third kappa shape index (κ3) is 5.13. The van der Waals surface area contributed by atoms with Crippen molar-refractivity contribution >= 4 is 17.7 Å². The highest BCUT2D eigenvalue weighted by Crippen LogP contribution is 2.25. The predicted octanol–water partition coefficient (Wildman–Crippen LogP) is 4.17. The van der Waals surface area contributed by atoms with Crippen molar-refractivity contribution in [1.29, 1.82) is 0 Å². The topological polar surface area (TPSA) is 111 Å².